The molecule has 150 valence electrons. The van der Waals surface area contributed by atoms with Crippen LogP contribution < -0.4 is 0 Å². The number of nitrogens with zero attached hydrogens (tertiary/aromatic N) is 4. The molecule has 0 unspecified atom stereocenters. The highest BCUT2D eigenvalue weighted by Crippen LogP contribution is 2.37. The van der Waals surface area contributed by atoms with Gasteiger partial charge >= 0.3 is 0 Å². The van der Waals surface area contributed by atoms with Crippen LogP contribution in [-0.4, -0.2) is 34.4 Å². The topological polar surface area (TPSA) is 77.7 Å². The Morgan fingerprint density at radius 1 is 1.00 bits per heavy atom. The Balaban J connectivity index is 1.58. The van der Waals surface area contributed by atoms with Crippen molar-refractivity contribution in [2.24, 2.45) is 0 Å². The van der Waals surface area contributed by atoms with Crippen molar-refractivity contribution >= 4 is 54.5 Å². The van der Waals surface area contributed by atoms with E-state index in [4.69, 9.17) is 0 Å². The lowest BCUT2D eigenvalue weighted by atomic mass is 10.3. The molecule has 0 saturated heterocycles. The maximum absolute atomic E-state index is 11.8. The van der Waals surface area contributed by atoms with Crippen molar-refractivity contribution in [3.05, 3.63) is 66.0 Å². The van der Waals surface area contributed by atoms with E-state index in [-0.39, 0.29) is 0 Å². The van der Waals surface area contributed by atoms with Crippen LogP contribution in [0.2, 0.25) is 0 Å². The summed E-state index contributed by atoms with van der Waals surface area (Å²) in [7, 11) is -3.26. The molecule has 3 heterocycles. The molecule has 3 aromatic heterocycles. The molecule has 0 saturated carbocycles. The number of aromatic nitrogens is 4. The monoisotopic (exact) mass is 470 g/mol. The van der Waals surface area contributed by atoms with E-state index in [0.29, 0.717) is 10.1 Å². The van der Waals surface area contributed by atoms with Crippen LogP contribution in [0.1, 0.15) is 0 Å². The van der Waals surface area contributed by atoms with Gasteiger partial charge in [-0.2, -0.15) is 0 Å². The molecule has 0 N–H and O–H groups in total. The second kappa shape index (κ2) is 7.62. The summed E-state index contributed by atoms with van der Waals surface area (Å²) in [5.41, 5.74) is 1.73. The SMILES string of the molecule is CS(=O)(=O)c1ccc2nc(Sc3nnc(-c4cccs4)n3-c3ccccc3)sc2c1. The molecule has 5 rings (SSSR count). The number of para-hydroxylation sites is 1. The third-order valence-corrected chi connectivity index (χ3v) is 8.34. The summed E-state index contributed by atoms with van der Waals surface area (Å²) in [6, 6.07) is 19.0. The summed E-state index contributed by atoms with van der Waals surface area (Å²) in [5.74, 6) is 0.777. The first-order chi connectivity index (χ1) is 14.5. The maximum atomic E-state index is 11.8. The van der Waals surface area contributed by atoms with Crippen LogP contribution in [-0.2, 0) is 9.84 Å². The number of fused-ring (bicyclic) bond motifs is 1. The van der Waals surface area contributed by atoms with Gasteiger partial charge in [0, 0.05) is 11.9 Å². The Labute approximate surface area is 185 Å². The Morgan fingerprint density at radius 3 is 2.57 bits per heavy atom. The van der Waals surface area contributed by atoms with E-state index in [1.54, 1.807) is 29.5 Å². The van der Waals surface area contributed by atoms with E-state index < -0.39 is 9.84 Å². The zero-order valence-electron chi connectivity index (χ0n) is 15.6. The van der Waals surface area contributed by atoms with Gasteiger partial charge in [-0.15, -0.1) is 32.9 Å². The van der Waals surface area contributed by atoms with Gasteiger partial charge in [0.05, 0.1) is 20.0 Å². The lowest BCUT2D eigenvalue weighted by Crippen LogP contribution is -1.98. The third-order valence-electron chi connectivity index (χ3n) is 4.34. The fourth-order valence-electron chi connectivity index (χ4n) is 2.95. The van der Waals surface area contributed by atoms with Crippen molar-refractivity contribution in [1.29, 1.82) is 0 Å². The molecular weight excluding hydrogens is 457 g/mol. The smallest absolute Gasteiger partial charge is 0.203 e. The summed E-state index contributed by atoms with van der Waals surface area (Å²) in [6.07, 6.45) is 1.21. The largest absolute Gasteiger partial charge is 0.269 e. The van der Waals surface area contributed by atoms with Gasteiger partial charge in [0.15, 0.2) is 20.0 Å². The molecule has 0 bridgehead atoms. The van der Waals surface area contributed by atoms with Crippen molar-refractivity contribution in [3.8, 4) is 16.4 Å². The lowest BCUT2D eigenvalue weighted by Gasteiger charge is -2.08. The van der Waals surface area contributed by atoms with Crippen LogP contribution in [0.4, 0.5) is 0 Å². The first kappa shape index (κ1) is 19.4. The van der Waals surface area contributed by atoms with Gasteiger partial charge in [0.1, 0.15) is 0 Å². The number of sulfone groups is 1. The molecule has 0 spiro atoms. The molecule has 0 fully saturated rings. The summed E-state index contributed by atoms with van der Waals surface area (Å²) >= 11 is 4.47. The first-order valence-corrected chi connectivity index (χ1v) is 13.2. The second-order valence-corrected chi connectivity index (χ2v) is 11.6. The van der Waals surface area contributed by atoms with E-state index in [9.17, 15) is 8.42 Å². The third kappa shape index (κ3) is 3.67. The Kier molecular flexibility index (Phi) is 4.94. The molecule has 30 heavy (non-hydrogen) atoms. The summed E-state index contributed by atoms with van der Waals surface area (Å²) in [6.45, 7) is 0. The van der Waals surface area contributed by atoms with Gasteiger partial charge < -0.3 is 0 Å². The Hall–Kier alpha value is -2.53. The quantitative estimate of drug-likeness (QED) is 0.353. The molecular formula is C20H14N4O2S4. The number of thiazole rings is 1. The molecule has 0 aliphatic heterocycles. The van der Waals surface area contributed by atoms with Gasteiger partial charge in [-0.25, -0.2) is 13.4 Å². The van der Waals surface area contributed by atoms with Crippen LogP contribution in [0, 0.1) is 0 Å². The van der Waals surface area contributed by atoms with Crippen LogP contribution >= 0.6 is 34.4 Å². The van der Waals surface area contributed by atoms with Crippen molar-refractivity contribution in [2.45, 2.75) is 14.4 Å². The van der Waals surface area contributed by atoms with Crippen LogP contribution in [0.15, 0.2) is 80.4 Å². The fourth-order valence-corrected chi connectivity index (χ4v) is 6.43. The van der Waals surface area contributed by atoms with E-state index >= 15 is 0 Å². The van der Waals surface area contributed by atoms with E-state index in [1.165, 1.54) is 29.4 Å². The average molecular weight is 471 g/mol. The molecule has 0 atom stereocenters. The van der Waals surface area contributed by atoms with E-state index in [0.717, 1.165) is 30.9 Å². The van der Waals surface area contributed by atoms with Crippen molar-refractivity contribution in [3.63, 3.8) is 0 Å². The second-order valence-electron chi connectivity index (χ2n) is 6.44. The van der Waals surface area contributed by atoms with E-state index in [1.807, 2.05) is 52.4 Å². The van der Waals surface area contributed by atoms with E-state index in [2.05, 4.69) is 15.2 Å². The highest BCUT2D eigenvalue weighted by atomic mass is 32.2. The number of hydrogen-bond donors (Lipinski definition) is 0. The normalized spacial score (nSPS) is 11.9. The summed E-state index contributed by atoms with van der Waals surface area (Å²) < 4.78 is 27.3. The van der Waals surface area contributed by atoms with Crippen molar-refractivity contribution in [1.82, 2.24) is 19.7 Å². The minimum atomic E-state index is -3.26. The number of hydrogen-bond acceptors (Lipinski definition) is 8. The molecule has 5 aromatic rings. The number of thiophene rings is 1. The zero-order valence-corrected chi connectivity index (χ0v) is 18.9. The molecule has 0 aliphatic carbocycles. The number of benzene rings is 2. The Bertz CT molecular complexity index is 1440. The minimum Gasteiger partial charge on any atom is -0.269 e. The predicted molar refractivity (Wildman–Crippen MR) is 122 cm³/mol. The first-order valence-electron chi connectivity index (χ1n) is 8.82. The molecule has 2 aromatic carbocycles. The van der Waals surface area contributed by atoms with Gasteiger partial charge in [-0.05, 0) is 53.5 Å². The van der Waals surface area contributed by atoms with Crippen LogP contribution in [0.25, 0.3) is 26.6 Å². The molecule has 10 heteroatoms. The predicted octanol–water partition coefficient (Wildman–Crippen LogP) is 5.16. The van der Waals surface area contributed by atoms with Gasteiger partial charge in [0.2, 0.25) is 5.16 Å². The van der Waals surface area contributed by atoms with Crippen LogP contribution in [0.5, 0.6) is 0 Å². The molecule has 0 radical (unpaired) electrons. The molecule has 0 aliphatic rings. The lowest BCUT2D eigenvalue weighted by molar-refractivity contribution is 0.602. The fraction of sp³-hybridized carbons (Fsp3) is 0.0500. The maximum Gasteiger partial charge on any atom is 0.203 e. The van der Waals surface area contributed by atoms with Gasteiger partial charge in [0.25, 0.3) is 0 Å². The average Bonchev–Trinajstić information content (AvgIpc) is 3.46. The van der Waals surface area contributed by atoms with Crippen molar-refractivity contribution < 1.29 is 8.42 Å². The summed E-state index contributed by atoms with van der Waals surface area (Å²) in [4.78, 5) is 5.97. The number of rotatable bonds is 5. The Morgan fingerprint density at radius 2 is 1.83 bits per heavy atom. The zero-order chi connectivity index (χ0) is 20.7. The molecule has 6 nitrogen and oxygen atoms in total. The van der Waals surface area contributed by atoms with Crippen LogP contribution in [0.3, 0.4) is 0 Å². The van der Waals surface area contributed by atoms with Crippen molar-refractivity contribution in [2.75, 3.05) is 6.26 Å². The standard InChI is InChI=1S/C20H14N4O2S4/c1-30(25,26)14-9-10-15-17(12-14)28-20(21-15)29-19-23-22-18(16-8-5-11-27-16)24(19)13-6-3-2-4-7-13/h2-12H,1H3. The highest BCUT2D eigenvalue weighted by Gasteiger charge is 2.19. The minimum absolute atomic E-state index is 0.294. The van der Waals surface area contributed by atoms with Gasteiger partial charge in [-0.3, -0.25) is 4.57 Å². The van der Waals surface area contributed by atoms with Gasteiger partial charge in [-0.1, -0.05) is 24.3 Å². The molecule has 0 amide bonds. The summed E-state index contributed by atoms with van der Waals surface area (Å²) in [5, 5.41) is 11.6. The highest BCUT2D eigenvalue weighted by molar-refractivity contribution is 8.01.